The molecule has 0 fully saturated rings. The van der Waals surface area contributed by atoms with Gasteiger partial charge >= 0.3 is 12.6 Å². The van der Waals surface area contributed by atoms with E-state index in [0.29, 0.717) is 27.1 Å². The van der Waals surface area contributed by atoms with E-state index in [4.69, 9.17) is 4.74 Å². The third kappa shape index (κ3) is 4.43. The molecule has 3 aromatic rings. The number of esters is 1. The van der Waals surface area contributed by atoms with Gasteiger partial charge < -0.3 is 9.47 Å². The Morgan fingerprint density at radius 3 is 2.62 bits per heavy atom. The second-order valence-corrected chi connectivity index (χ2v) is 8.33. The lowest BCUT2D eigenvalue weighted by atomic mass is 9.96. The number of aryl methyl sites for hydroxylation is 1. The standard InChI is InChI=1S/C23H22F2N4O4S/c1-4-28-15(10-11-26-28)12-17-20(30)29-19(14-6-8-16(9-7-14)33-22(24)25)18(21(31)32-5-2)13(3)27-23(29)34-17/h6-12,19,22H,4-5H2,1-3H3/b17-12+/t19-/m1/s1. The van der Waals surface area contributed by atoms with E-state index in [-0.39, 0.29) is 23.5 Å². The van der Waals surface area contributed by atoms with Crippen LogP contribution < -0.4 is 19.6 Å². The van der Waals surface area contributed by atoms with Gasteiger partial charge in [0, 0.05) is 12.7 Å². The lowest BCUT2D eigenvalue weighted by molar-refractivity contribution is -0.139. The molecule has 0 radical (unpaired) electrons. The zero-order valence-corrected chi connectivity index (χ0v) is 19.5. The van der Waals surface area contributed by atoms with Gasteiger partial charge in [0.25, 0.3) is 5.56 Å². The van der Waals surface area contributed by atoms with E-state index >= 15 is 0 Å². The molecule has 1 aliphatic rings. The summed E-state index contributed by atoms with van der Waals surface area (Å²) in [4.78, 5) is 31.3. The van der Waals surface area contributed by atoms with Crippen LogP contribution >= 0.6 is 11.3 Å². The van der Waals surface area contributed by atoms with Crippen molar-refractivity contribution < 1.29 is 23.0 Å². The summed E-state index contributed by atoms with van der Waals surface area (Å²) in [5.41, 5.74) is 1.59. The number of benzene rings is 1. The minimum Gasteiger partial charge on any atom is -0.463 e. The number of nitrogens with zero attached hydrogens (tertiary/aromatic N) is 4. The average molecular weight is 489 g/mol. The second kappa shape index (κ2) is 9.72. The van der Waals surface area contributed by atoms with Crippen molar-refractivity contribution >= 4 is 23.4 Å². The molecule has 0 amide bonds. The first-order valence-electron chi connectivity index (χ1n) is 10.6. The van der Waals surface area contributed by atoms with Crippen LogP contribution in [0.5, 0.6) is 5.75 Å². The largest absolute Gasteiger partial charge is 0.463 e. The molecule has 178 valence electrons. The first kappa shape index (κ1) is 23.6. The highest BCUT2D eigenvalue weighted by Crippen LogP contribution is 2.31. The Morgan fingerprint density at radius 1 is 1.24 bits per heavy atom. The maximum Gasteiger partial charge on any atom is 0.387 e. The van der Waals surface area contributed by atoms with Crippen molar-refractivity contribution in [3.8, 4) is 5.75 Å². The monoisotopic (exact) mass is 488 g/mol. The van der Waals surface area contributed by atoms with E-state index in [1.54, 1.807) is 49.0 Å². The summed E-state index contributed by atoms with van der Waals surface area (Å²) < 4.78 is 38.5. The molecule has 2 aromatic heterocycles. The molecule has 34 heavy (non-hydrogen) atoms. The molecular weight excluding hydrogens is 466 g/mol. The Kier molecular flexibility index (Phi) is 6.73. The molecule has 0 aliphatic carbocycles. The van der Waals surface area contributed by atoms with Gasteiger partial charge in [-0.1, -0.05) is 23.5 Å². The van der Waals surface area contributed by atoms with E-state index in [2.05, 4.69) is 14.8 Å². The Balaban J connectivity index is 1.90. The molecule has 8 nitrogen and oxygen atoms in total. The minimum atomic E-state index is -2.96. The summed E-state index contributed by atoms with van der Waals surface area (Å²) in [6, 6.07) is 6.79. The minimum absolute atomic E-state index is 0.0302. The summed E-state index contributed by atoms with van der Waals surface area (Å²) in [5, 5.41) is 4.22. The lowest BCUT2D eigenvalue weighted by Crippen LogP contribution is -2.40. The van der Waals surface area contributed by atoms with Gasteiger partial charge in [-0.05, 0) is 50.6 Å². The highest BCUT2D eigenvalue weighted by Gasteiger charge is 2.33. The molecule has 11 heteroatoms. The number of fused-ring (bicyclic) bond motifs is 1. The fraction of sp³-hybridized carbons (Fsp3) is 0.304. The van der Waals surface area contributed by atoms with Gasteiger partial charge in [-0.25, -0.2) is 9.79 Å². The van der Waals surface area contributed by atoms with Crippen LogP contribution in [0.1, 0.15) is 38.1 Å². The van der Waals surface area contributed by atoms with Gasteiger partial charge in [0.1, 0.15) is 5.75 Å². The summed E-state index contributed by atoms with van der Waals surface area (Å²) in [7, 11) is 0. The van der Waals surface area contributed by atoms with Gasteiger partial charge in [-0.15, -0.1) is 0 Å². The smallest absolute Gasteiger partial charge is 0.387 e. The number of rotatable bonds is 7. The van der Waals surface area contributed by atoms with Gasteiger partial charge in [0.05, 0.1) is 34.1 Å². The molecule has 0 saturated carbocycles. The lowest BCUT2D eigenvalue weighted by Gasteiger charge is -2.24. The molecule has 0 saturated heterocycles. The topological polar surface area (TPSA) is 87.7 Å². The van der Waals surface area contributed by atoms with Crippen LogP contribution in [0.2, 0.25) is 0 Å². The van der Waals surface area contributed by atoms with Gasteiger partial charge in [0.15, 0.2) is 4.80 Å². The van der Waals surface area contributed by atoms with Crippen LogP contribution in [0.25, 0.3) is 6.08 Å². The maximum absolute atomic E-state index is 13.5. The van der Waals surface area contributed by atoms with E-state index in [1.807, 2.05) is 6.92 Å². The normalized spacial score (nSPS) is 15.9. The zero-order valence-electron chi connectivity index (χ0n) is 18.7. The van der Waals surface area contributed by atoms with E-state index in [0.717, 1.165) is 5.69 Å². The Morgan fingerprint density at radius 2 is 1.97 bits per heavy atom. The number of carbonyl (C=O) groups is 1. The van der Waals surface area contributed by atoms with Crippen molar-refractivity contribution in [1.29, 1.82) is 0 Å². The van der Waals surface area contributed by atoms with Gasteiger partial charge in [-0.2, -0.15) is 13.9 Å². The number of thiazole rings is 1. The number of alkyl halides is 2. The fourth-order valence-electron chi connectivity index (χ4n) is 3.80. The number of halogens is 2. The van der Waals surface area contributed by atoms with Crippen molar-refractivity contribution in [3.05, 3.63) is 78.7 Å². The first-order chi connectivity index (χ1) is 16.3. The summed E-state index contributed by atoms with van der Waals surface area (Å²) in [6.45, 7) is 3.13. The maximum atomic E-state index is 13.5. The first-order valence-corrected chi connectivity index (χ1v) is 11.4. The van der Waals surface area contributed by atoms with E-state index < -0.39 is 18.6 Å². The molecule has 1 aliphatic heterocycles. The van der Waals surface area contributed by atoms with Crippen molar-refractivity contribution in [3.63, 3.8) is 0 Å². The van der Waals surface area contributed by atoms with Crippen LogP contribution in [-0.4, -0.2) is 33.5 Å². The number of hydrogen-bond acceptors (Lipinski definition) is 7. The molecule has 4 rings (SSSR count). The predicted octanol–water partition coefficient (Wildman–Crippen LogP) is 2.62. The highest BCUT2D eigenvalue weighted by molar-refractivity contribution is 7.07. The molecular formula is C23H22F2N4O4S. The van der Waals surface area contributed by atoms with Crippen LogP contribution in [0.3, 0.4) is 0 Å². The Labute approximate surface area is 197 Å². The molecule has 0 unspecified atom stereocenters. The second-order valence-electron chi connectivity index (χ2n) is 7.32. The highest BCUT2D eigenvalue weighted by atomic mass is 32.1. The van der Waals surface area contributed by atoms with Crippen LogP contribution in [0.4, 0.5) is 8.78 Å². The zero-order chi connectivity index (χ0) is 24.4. The van der Waals surface area contributed by atoms with Gasteiger partial charge in [0.2, 0.25) is 0 Å². The summed E-state index contributed by atoms with van der Waals surface area (Å²) in [6.07, 6.45) is 3.39. The van der Waals surface area contributed by atoms with Gasteiger partial charge in [-0.3, -0.25) is 14.0 Å². The number of allylic oxidation sites excluding steroid dienone is 1. The molecule has 1 aromatic carbocycles. The number of carbonyl (C=O) groups excluding carboxylic acids is 1. The quantitative estimate of drug-likeness (QED) is 0.477. The van der Waals surface area contributed by atoms with Crippen molar-refractivity contribution in [1.82, 2.24) is 14.3 Å². The molecule has 0 spiro atoms. The van der Waals surface area contributed by atoms with Crippen molar-refractivity contribution in [2.45, 2.75) is 40.0 Å². The van der Waals surface area contributed by atoms with E-state index in [1.165, 1.54) is 28.0 Å². The molecule has 0 N–H and O–H groups in total. The third-order valence-corrected chi connectivity index (χ3v) is 6.25. The van der Waals surface area contributed by atoms with Crippen LogP contribution in [-0.2, 0) is 16.1 Å². The predicted molar refractivity (Wildman–Crippen MR) is 121 cm³/mol. The number of aromatic nitrogens is 3. The SMILES string of the molecule is CCOC(=O)C1=C(C)N=c2s/c(=C/c3ccnn3CC)c(=O)n2[C@@H]1c1ccc(OC(F)F)cc1. The van der Waals surface area contributed by atoms with E-state index in [9.17, 15) is 18.4 Å². The fourth-order valence-corrected chi connectivity index (χ4v) is 4.83. The van der Waals surface area contributed by atoms with Crippen LogP contribution in [0.15, 0.2) is 57.6 Å². The Hall–Kier alpha value is -3.60. The average Bonchev–Trinajstić information content (AvgIpc) is 3.37. The summed E-state index contributed by atoms with van der Waals surface area (Å²) in [5.74, 6) is -0.627. The molecule has 1 atom stereocenters. The Bertz CT molecular complexity index is 1420. The van der Waals surface area contributed by atoms with Crippen molar-refractivity contribution in [2.24, 2.45) is 4.99 Å². The van der Waals surface area contributed by atoms with Crippen molar-refractivity contribution in [2.75, 3.05) is 6.61 Å². The molecule has 3 heterocycles. The van der Waals surface area contributed by atoms with Crippen LogP contribution in [0, 0.1) is 0 Å². The summed E-state index contributed by atoms with van der Waals surface area (Å²) >= 11 is 1.20. The molecule has 0 bridgehead atoms. The number of hydrogen-bond donors (Lipinski definition) is 0. The number of ether oxygens (including phenoxy) is 2. The third-order valence-electron chi connectivity index (χ3n) is 5.27.